The van der Waals surface area contributed by atoms with Crippen LogP contribution in [0.4, 0.5) is 0 Å². The van der Waals surface area contributed by atoms with Crippen molar-refractivity contribution in [3.8, 4) is 39.7 Å². The Morgan fingerprint density at radius 1 is 0.581 bits per heavy atom. The molecule has 0 unspecified atom stereocenters. The van der Waals surface area contributed by atoms with Gasteiger partial charge in [-0.25, -0.2) is 4.98 Å². The number of imidazole rings is 1. The van der Waals surface area contributed by atoms with E-state index < -0.39 is 0 Å². The number of nitrogens with zero attached hydrogens (tertiary/aromatic N) is 2. The van der Waals surface area contributed by atoms with Crippen molar-refractivity contribution in [2.75, 3.05) is 0 Å². The maximum Gasteiger partial charge on any atom is 0.141 e. The summed E-state index contributed by atoms with van der Waals surface area (Å²) < 4.78 is 2.28. The lowest BCUT2D eigenvalue weighted by molar-refractivity contribution is 0.475. The first kappa shape index (κ1) is 18.9. The normalized spacial score (nSPS) is 10.8. The minimum absolute atomic E-state index is 0.247. The Morgan fingerprint density at radius 3 is 1.74 bits per heavy atom. The lowest BCUT2D eigenvalue weighted by atomic mass is 10.0. The number of benzene rings is 4. The van der Waals surface area contributed by atoms with Crippen LogP contribution in [0.3, 0.4) is 0 Å². The predicted octanol–water partition coefficient (Wildman–Crippen LogP) is 6.64. The molecule has 0 aliphatic carbocycles. The topological polar surface area (TPSA) is 38.1 Å². The molecule has 0 aliphatic heterocycles. The van der Waals surface area contributed by atoms with Gasteiger partial charge in [0.1, 0.15) is 11.6 Å². The highest BCUT2D eigenvalue weighted by Gasteiger charge is 2.21. The third-order valence-corrected chi connectivity index (χ3v) is 5.37. The monoisotopic (exact) mass is 402 g/mol. The SMILES string of the molecule is Oc1ccc(-c2nc(-c3ccccc3)c(-c3ccccc3)n2Cc2ccccc2)cc1. The van der Waals surface area contributed by atoms with Crippen LogP contribution >= 0.6 is 0 Å². The van der Waals surface area contributed by atoms with Crippen molar-refractivity contribution in [3.63, 3.8) is 0 Å². The van der Waals surface area contributed by atoms with E-state index in [4.69, 9.17) is 4.98 Å². The Kier molecular flexibility index (Phi) is 5.07. The third kappa shape index (κ3) is 3.86. The van der Waals surface area contributed by atoms with Gasteiger partial charge in [0.2, 0.25) is 0 Å². The summed E-state index contributed by atoms with van der Waals surface area (Å²) in [6.07, 6.45) is 0. The van der Waals surface area contributed by atoms with Crippen LogP contribution in [0.25, 0.3) is 33.9 Å². The summed E-state index contributed by atoms with van der Waals surface area (Å²) in [6.45, 7) is 0.696. The van der Waals surface area contributed by atoms with E-state index >= 15 is 0 Å². The number of aromatic nitrogens is 2. The summed E-state index contributed by atoms with van der Waals surface area (Å²) in [4.78, 5) is 5.13. The number of aromatic hydroxyl groups is 1. The molecule has 0 bridgehead atoms. The van der Waals surface area contributed by atoms with Crippen molar-refractivity contribution in [3.05, 3.63) is 121 Å². The minimum atomic E-state index is 0.247. The van der Waals surface area contributed by atoms with Gasteiger partial charge in [-0.3, -0.25) is 0 Å². The van der Waals surface area contributed by atoms with Crippen molar-refractivity contribution in [1.82, 2.24) is 9.55 Å². The Hall–Kier alpha value is -4.11. The van der Waals surface area contributed by atoms with Crippen molar-refractivity contribution in [2.45, 2.75) is 6.54 Å². The molecule has 0 atom stereocenters. The molecule has 0 amide bonds. The second-order valence-corrected chi connectivity index (χ2v) is 7.48. The standard InChI is InChI=1S/C28H22N2O/c31-25-18-16-24(17-19-25)28-29-26(22-12-6-2-7-13-22)27(23-14-8-3-9-15-23)30(28)20-21-10-4-1-5-11-21/h1-19,31H,20H2. The molecule has 0 spiro atoms. The first-order valence-corrected chi connectivity index (χ1v) is 10.3. The fourth-order valence-corrected chi connectivity index (χ4v) is 3.89. The van der Waals surface area contributed by atoms with E-state index in [-0.39, 0.29) is 5.75 Å². The van der Waals surface area contributed by atoms with Crippen molar-refractivity contribution < 1.29 is 5.11 Å². The van der Waals surface area contributed by atoms with Crippen LogP contribution in [-0.4, -0.2) is 14.7 Å². The van der Waals surface area contributed by atoms with Gasteiger partial charge in [-0.2, -0.15) is 0 Å². The van der Waals surface area contributed by atoms with Gasteiger partial charge in [0.25, 0.3) is 0 Å². The molecule has 3 nitrogen and oxygen atoms in total. The van der Waals surface area contributed by atoms with E-state index in [0.29, 0.717) is 6.54 Å². The number of phenolic OH excluding ortho intramolecular Hbond substituents is 1. The largest absolute Gasteiger partial charge is 0.508 e. The van der Waals surface area contributed by atoms with Gasteiger partial charge in [-0.05, 0) is 29.8 Å². The Balaban J connectivity index is 1.79. The van der Waals surface area contributed by atoms with Gasteiger partial charge in [0, 0.05) is 23.2 Å². The third-order valence-electron chi connectivity index (χ3n) is 5.37. The predicted molar refractivity (Wildman–Crippen MR) is 126 cm³/mol. The van der Waals surface area contributed by atoms with E-state index in [9.17, 15) is 5.11 Å². The molecule has 5 aromatic rings. The number of hydrogen-bond donors (Lipinski definition) is 1. The summed E-state index contributed by atoms with van der Waals surface area (Å²) in [5, 5.41) is 9.80. The summed E-state index contributed by atoms with van der Waals surface area (Å²) >= 11 is 0. The van der Waals surface area contributed by atoms with Crippen LogP contribution in [-0.2, 0) is 6.54 Å². The molecular weight excluding hydrogens is 380 g/mol. The maximum absolute atomic E-state index is 9.80. The molecule has 0 saturated carbocycles. The number of rotatable bonds is 5. The quantitative estimate of drug-likeness (QED) is 0.358. The maximum atomic E-state index is 9.80. The van der Waals surface area contributed by atoms with E-state index in [1.807, 2.05) is 42.5 Å². The second-order valence-electron chi connectivity index (χ2n) is 7.48. The van der Waals surface area contributed by atoms with E-state index in [1.165, 1.54) is 5.56 Å². The Morgan fingerprint density at radius 2 is 1.13 bits per heavy atom. The van der Waals surface area contributed by atoms with Gasteiger partial charge in [-0.15, -0.1) is 0 Å². The number of hydrogen-bond acceptors (Lipinski definition) is 2. The number of phenols is 1. The van der Waals surface area contributed by atoms with Crippen molar-refractivity contribution in [1.29, 1.82) is 0 Å². The first-order chi connectivity index (χ1) is 15.3. The van der Waals surface area contributed by atoms with Gasteiger partial charge < -0.3 is 9.67 Å². The van der Waals surface area contributed by atoms with Gasteiger partial charge >= 0.3 is 0 Å². The summed E-state index contributed by atoms with van der Waals surface area (Å²) in [6, 6.07) is 38.4. The summed E-state index contributed by atoms with van der Waals surface area (Å²) in [5.74, 6) is 1.12. The molecule has 1 aromatic heterocycles. The molecule has 0 fully saturated rings. The van der Waals surface area contributed by atoms with Crippen LogP contribution in [0, 0.1) is 0 Å². The first-order valence-electron chi connectivity index (χ1n) is 10.3. The Bertz CT molecular complexity index is 1280. The highest BCUT2D eigenvalue weighted by molar-refractivity contribution is 5.82. The zero-order chi connectivity index (χ0) is 21.0. The molecule has 1 N–H and O–H groups in total. The molecule has 1 heterocycles. The fourth-order valence-electron chi connectivity index (χ4n) is 3.89. The molecule has 3 heteroatoms. The highest BCUT2D eigenvalue weighted by Crippen LogP contribution is 2.37. The average Bonchev–Trinajstić information content (AvgIpc) is 3.20. The second kappa shape index (κ2) is 8.33. The van der Waals surface area contributed by atoms with Crippen LogP contribution in [0.2, 0.25) is 0 Å². The fraction of sp³-hybridized carbons (Fsp3) is 0.0357. The van der Waals surface area contributed by atoms with Gasteiger partial charge in [0.15, 0.2) is 0 Å². The zero-order valence-electron chi connectivity index (χ0n) is 17.0. The lowest BCUT2D eigenvalue weighted by Crippen LogP contribution is -2.04. The summed E-state index contributed by atoms with van der Waals surface area (Å²) in [5.41, 5.74) is 6.40. The van der Waals surface area contributed by atoms with Gasteiger partial charge in [-0.1, -0.05) is 91.0 Å². The van der Waals surface area contributed by atoms with Crippen molar-refractivity contribution >= 4 is 0 Å². The smallest absolute Gasteiger partial charge is 0.141 e. The van der Waals surface area contributed by atoms with Crippen LogP contribution in [0.15, 0.2) is 115 Å². The minimum Gasteiger partial charge on any atom is -0.508 e. The molecule has 150 valence electrons. The van der Waals surface area contributed by atoms with Crippen LogP contribution in [0.5, 0.6) is 5.75 Å². The molecule has 0 radical (unpaired) electrons. The average molecular weight is 402 g/mol. The lowest BCUT2D eigenvalue weighted by Gasteiger charge is -2.14. The summed E-state index contributed by atoms with van der Waals surface area (Å²) in [7, 11) is 0. The molecular formula is C28H22N2O. The van der Waals surface area contributed by atoms with Gasteiger partial charge in [0.05, 0.1) is 11.4 Å². The van der Waals surface area contributed by atoms with E-state index in [1.54, 1.807) is 12.1 Å². The molecule has 31 heavy (non-hydrogen) atoms. The molecule has 5 rings (SSSR count). The van der Waals surface area contributed by atoms with E-state index in [0.717, 1.165) is 33.9 Å². The zero-order valence-corrected chi connectivity index (χ0v) is 17.0. The Labute approximate surface area is 181 Å². The van der Waals surface area contributed by atoms with E-state index in [2.05, 4.69) is 65.2 Å². The molecule has 0 saturated heterocycles. The van der Waals surface area contributed by atoms with Crippen LogP contribution in [0.1, 0.15) is 5.56 Å². The van der Waals surface area contributed by atoms with Crippen LogP contribution < -0.4 is 0 Å². The molecule has 4 aromatic carbocycles. The molecule has 0 aliphatic rings. The highest BCUT2D eigenvalue weighted by atomic mass is 16.3. The van der Waals surface area contributed by atoms with Crippen molar-refractivity contribution in [2.24, 2.45) is 0 Å².